The summed E-state index contributed by atoms with van der Waals surface area (Å²) in [4.78, 5) is 41.9. The second-order valence-electron chi connectivity index (χ2n) is 8.01. The monoisotopic (exact) mass is 482 g/mol. The van der Waals surface area contributed by atoms with Gasteiger partial charge < -0.3 is 15.3 Å². The number of nitrogens with one attached hydrogen (secondary N) is 2. The first-order valence-electron chi connectivity index (χ1n) is 10.4. The molecule has 0 spiro atoms. The van der Waals surface area contributed by atoms with Gasteiger partial charge in [-0.25, -0.2) is 9.78 Å². The second kappa shape index (κ2) is 9.00. The minimum absolute atomic E-state index is 0.215. The Bertz CT molecular complexity index is 1090. The lowest BCUT2D eigenvalue weighted by atomic mass is 9.97. The van der Waals surface area contributed by atoms with Gasteiger partial charge in [0.15, 0.2) is 5.13 Å². The smallest absolute Gasteiger partial charge is 0.465 e. The Hall–Kier alpha value is -3.15. The summed E-state index contributed by atoms with van der Waals surface area (Å²) in [5.74, 6) is -2.37. The summed E-state index contributed by atoms with van der Waals surface area (Å²) in [6.45, 7) is 0.450. The molecule has 2 atom stereocenters. The van der Waals surface area contributed by atoms with Crippen LogP contribution >= 0.6 is 11.3 Å². The van der Waals surface area contributed by atoms with E-state index in [9.17, 15) is 32.7 Å². The zero-order chi connectivity index (χ0) is 23.8. The summed E-state index contributed by atoms with van der Waals surface area (Å²) in [7, 11) is 0. The average Bonchev–Trinajstić information content (AvgIpc) is 3.39. The van der Waals surface area contributed by atoms with E-state index in [1.807, 2.05) is 5.32 Å². The topological polar surface area (TPSA) is 112 Å². The number of aryl methyl sites for hydroxylation is 1. The molecular weight excluding hydrogens is 461 g/mol. The number of amides is 3. The minimum atomic E-state index is -4.93. The Labute approximate surface area is 190 Å². The molecule has 0 saturated carbocycles. The molecule has 1 aromatic heterocycles. The Morgan fingerprint density at radius 3 is 2.73 bits per heavy atom. The van der Waals surface area contributed by atoms with E-state index < -0.39 is 30.1 Å². The molecule has 2 aromatic rings. The summed E-state index contributed by atoms with van der Waals surface area (Å²) in [5.41, 5.74) is 1.79. The number of anilines is 1. The van der Waals surface area contributed by atoms with Crippen LogP contribution in [-0.2, 0) is 17.6 Å². The van der Waals surface area contributed by atoms with Crippen LogP contribution in [0.1, 0.15) is 51.8 Å². The molecule has 2 aliphatic rings. The zero-order valence-electron chi connectivity index (χ0n) is 17.3. The second-order valence-corrected chi connectivity index (χ2v) is 9.10. The molecule has 176 valence electrons. The van der Waals surface area contributed by atoms with Gasteiger partial charge in [0.05, 0.1) is 11.7 Å². The summed E-state index contributed by atoms with van der Waals surface area (Å²) in [6.07, 6.45) is -3.55. The lowest BCUT2D eigenvalue weighted by molar-refractivity contribution is -0.174. The van der Waals surface area contributed by atoms with Gasteiger partial charge in [0.1, 0.15) is 0 Å². The molecule has 0 bridgehead atoms. The van der Waals surface area contributed by atoms with Crippen molar-refractivity contribution in [2.45, 2.75) is 50.4 Å². The molecule has 12 heteroatoms. The maximum absolute atomic E-state index is 12.8. The van der Waals surface area contributed by atoms with Crippen LogP contribution in [0.3, 0.4) is 0 Å². The number of hydrogen-bond acceptors (Lipinski definition) is 5. The molecule has 1 aliphatic heterocycles. The fraction of sp³-hybridized carbons (Fsp3) is 0.429. The number of hydrogen-bond donors (Lipinski definition) is 3. The van der Waals surface area contributed by atoms with Crippen LogP contribution in [0.2, 0.25) is 0 Å². The predicted molar refractivity (Wildman–Crippen MR) is 113 cm³/mol. The first-order chi connectivity index (χ1) is 15.6. The van der Waals surface area contributed by atoms with Crippen molar-refractivity contribution in [3.8, 4) is 0 Å². The summed E-state index contributed by atoms with van der Waals surface area (Å²) < 4.78 is 37.5. The van der Waals surface area contributed by atoms with Gasteiger partial charge in [-0.1, -0.05) is 12.1 Å². The highest BCUT2D eigenvalue weighted by Crippen LogP contribution is 2.33. The largest absolute Gasteiger partial charge is 0.471 e. The molecule has 1 unspecified atom stereocenters. The molecule has 3 amide bonds. The standard InChI is InChI=1S/C21H21F3N4O4S/c22-21(23,24)18(30)25-13-6-7-14-16(10-13)33-19(26-14)27-17(29)12-4-1-3-11(9-12)15-5-2-8-28(15)20(31)32/h1,3-4,9,13,15H,2,5-8,10H2,(H,25,30)(H,31,32)(H,26,27,29)/t13?,15-/m1/s1. The molecule has 2 heterocycles. The number of carbonyl (C=O) groups is 3. The number of benzene rings is 1. The van der Waals surface area contributed by atoms with Gasteiger partial charge in [0.2, 0.25) is 0 Å². The lowest BCUT2D eigenvalue weighted by Gasteiger charge is -2.22. The van der Waals surface area contributed by atoms with E-state index in [-0.39, 0.29) is 12.5 Å². The molecule has 0 radical (unpaired) electrons. The number of carboxylic acid groups (broad SMARTS) is 1. The van der Waals surface area contributed by atoms with Gasteiger partial charge in [0.25, 0.3) is 5.91 Å². The highest BCUT2D eigenvalue weighted by Gasteiger charge is 2.40. The van der Waals surface area contributed by atoms with Crippen LogP contribution in [0.15, 0.2) is 24.3 Å². The summed E-state index contributed by atoms with van der Waals surface area (Å²) >= 11 is 1.17. The minimum Gasteiger partial charge on any atom is -0.465 e. The lowest BCUT2D eigenvalue weighted by Crippen LogP contribution is -2.45. The maximum Gasteiger partial charge on any atom is 0.471 e. The van der Waals surface area contributed by atoms with Crippen LogP contribution in [0, 0.1) is 0 Å². The van der Waals surface area contributed by atoms with Crippen LogP contribution < -0.4 is 10.6 Å². The van der Waals surface area contributed by atoms with Crippen molar-refractivity contribution >= 4 is 34.4 Å². The Morgan fingerprint density at radius 2 is 2.00 bits per heavy atom. The number of nitrogens with zero attached hydrogens (tertiary/aromatic N) is 2. The van der Waals surface area contributed by atoms with E-state index in [0.717, 1.165) is 16.9 Å². The Balaban J connectivity index is 1.42. The van der Waals surface area contributed by atoms with Gasteiger partial charge in [0, 0.05) is 29.4 Å². The fourth-order valence-corrected chi connectivity index (χ4v) is 5.30. The number of likely N-dealkylation sites (tertiary alicyclic amines) is 1. The number of thiazole rings is 1. The van der Waals surface area contributed by atoms with Crippen molar-refractivity contribution in [2.24, 2.45) is 0 Å². The van der Waals surface area contributed by atoms with E-state index >= 15 is 0 Å². The van der Waals surface area contributed by atoms with Crippen molar-refractivity contribution in [3.63, 3.8) is 0 Å². The van der Waals surface area contributed by atoms with E-state index in [0.29, 0.717) is 42.2 Å². The Kier molecular flexibility index (Phi) is 6.28. The fourth-order valence-electron chi connectivity index (χ4n) is 4.22. The number of aromatic nitrogens is 1. The molecular formula is C21H21F3N4O4S. The van der Waals surface area contributed by atoms with Crippen molar-refractivity contribution in [3.05, 3.63) is 46.0 Å². The maximum atomic E-state index is 12.8. The van der Waals surface area contributed by atoms with Gasteiger partial charge in [-0.05, 0) is 43.4 Å². The van der Waals surface area contributed by atoms with E-state index in [4.69, 9.17) is 0 Å². The molecule has 4 rings (SSSR count). The quantitative estimate of drug-likeness (QED) is 0.615. The molecule has 33 heavy (non-hydrogen) atoms. The van der Waals surface area contributed by atoms with E-state index in [1.165, 1.54) is 16.2 Å². The number of rotatable bonds is 4. The highest BCUT2D eigenvalue weighted by molar-refractivity contribution is 7.15. The number of halogens is 3. The highest BCUT2D eigenvalue weighted by atomic mass is 32.1. The van der Waals surface area contributed by atoms with Gasteiger partial charge in [-0.15, -0.1) is 11.3 Å². The molecule has 1 saturated heterocycles. The summed E-state index contributed by atoms with van der Waals surface area (Å²) in [6, 6.07) is 5.83. The first kappa shape index (κ1) is 23.0. The van der Waals surface area contributed by atoms with Crippen LogP contribution in [-0.4, -0.2) is 51.7 Å². The van der Waals surface area contributed by atoms with E-state index in [2.05, 4.69) is 10.3 Å². The first-order valence-corrected chi connectivity index (χ1v) is 11.2. The van der Waals surface area contributed by atoms with Gasteiger partial charge in [-0.2, -0.15) is 13.2 Å². The van der Waals surface area contributed by atoms with Crippen molar-refractivity contribution in [2.75, 3.05) is 11.9 Å². The van der Waals surface area contributed by atoms with Gasteiger partial charge >= 0.3 is 18.2 Å². The summed E-state index contributed by atoms with van der Waals surface area (Å²) in [5, 5.41) is 14.4. The number of carbonyl (C=O) groups excluding carboxylic acids is 2. The normalized spacial score (nSPS) is 20.3. The van der Waals surface area contributed by atoms with Gasteiger partial charge in [-0.3, -0.25) is 14.9 Å². The molecule has 8 nitrogen and oxygen atoms in total. The average molecular weight is 482 g/mol. The van der Waals surface area contributed by atoms with Crippen LogP contribution in [0.4, 0.5) is 23.1 Å². The molecule has 1 aliphatic carbocycles. The third kappa shape index (κ3) is 5.10. The number of alkyl halides is 3. The molecule has 1 fully saturated rings. The van der Waals surface area contributed by atoms with Crippen molar-refractivity contribution < 1.29 is 32.7 Å². The third-order valence-electron chi connectivity index (χ3n) is 5.78. The van der Waals surface area contributed by atoms with Crippen molar-refractivity contribution in [1.82, 2.24) is 15.2 Å². The van der Waals surface area contributed by atoms with E-state index in [1.54, 1.807) is 24.3 Å². The zero-order valence-corrected chi connectivity index (χ0v) is 18.1. The third-order valence-corrected chi connectivity index (χ3v) is 6.82. The van der Waals surface area contributed by atoms with Crippen molar-refractivity contribution in [1.29, 1.82) is 0 Å². The number of fused-ring (bicyclic) bond motifs is 1. The molecule has 1 aromatic carbocycles. The SMILES string of the molecule is O=C(Nc1nc2c(s1)CC(NC(=O)C(F)(F)F)CC2)c1cccc([C@H]2CCCN2C(=O)O)c1. The molecule has 3 N–H and O–H groups in total. The predicted octanol–water partition coefficient (Wildman–Crippen LogP) is 3.75. The van der Waals surface area contributed by atoms with Crippen LogP contribution in [0.5, 0.6) is 0 Å². The Morgan fingerprint density at radius 1 is 1.21 bits per heavy atom. The van der Waals surface area contributed by atoms with Crippen LogP contribution in [0.25, 0.3) is 0 Å².